The predicted octanol–water partition coefficient (Wildman–Crippen LogP) is 2.22. The molecule has 3 rings (SSSR count). The van der Waals surface area contributed by atoms with Gasteiger partial charge in [-0.05, 0) is 30.2 Å². The fourth-order valence-electron chi connectivity index (χ4n) is 2.47. The van der Waals surface area contributed by atoms with Crippen LogP contribution in [0.15, 0.2) is 42.5 Å². The van der Waals surface area contributed by atoms with E-state index in [2.05, 4.69) is 5.32 Å². The van der Waals surface area contributed by atoms with Crippen molar-refractivity contribution in [2.75, 3.05) is 5.32 Å². The van der Waals surface area contributed by atoms with E-state index in [9.17, 15) is 9.41 Å². The van der Waals surface area contributed by atoms with Crippen molar-refractivity contribution in [1.29, 1.82) is 0 Å². The first kappa shape index (κ1) is 13.2. The molecule has 0 saturated carbocycles. The molecular formula is C15H15BFNO2. The second-order valence-corrected chi connectivity index (χ2v) is 4.93. The van der Waals surface area contributed by atoms with E-state index in [0.29, 0.717) is 17.8 Å². The SMILES string of the molecule is CC1OB(O)c2c(F)cc(NCc3ccccc3)cc21. The molecule has 1 heterocycles. The van der Waals surface area contributed by atoms with Gasteiger partial charge in [0.1, 0.15) is 5.82 Å². The van der Waals surface area contributed by atoms with Crippen molar-refractivity contribution in [2.45, 2.75) is 19.6 Å². The maximum absolute atomic E-state index is 14.0. The summed E-state index contributed by atoms with van der Waals surface area (Å²) in [5, 5.41) is 12.8. The van der Waals surface area contributed by atoms with E-state index in [1.54, 1.807) is 6.92 Å². The van der Waals surface area contributed by atoms with Gasteiger partial charge in [-0.3, -0.25) is 0 Å². The van der Waals surface area contributed by atoms with Gasteiger partial charge in [0, 0.05) is 17.7 Å². The molecule has 0 amide bonds. The minimum atomic E-state index is -1.16. The summed E-state index contributed by atoms with van der Waals surface area (Å²) >= 11 is 0. The van der Waals surface area contributed by atoms with Gasteiger partial charge in [0.15, 0.2) is 0 Å². The lowest BCUT2D eigenvalue weighted by molar-refractivity contribution is 0.209. The lowest BCUT2D eigenvalue weighted by atomic mass is 9.78. The summed E-state index contributed by atoms with van der Waals surface area (Å²) < 4.78 is 19.2. The van der Waals surface area contributed by atoms with Crippen LogP contribution in [-0.2, 0) is 11.2 Å². The van der Waals surface area contributed by atoms with Crippen LogP contribution in [0.25, 0.3) is 0 Å². The largest absolute Gasteiger partial charge is 0.494 e. The monoisotopic (exact) mass is 271 g/mol. The summed E-state index contributed by atoms with van der Waals surface area (Å²) in [6.07, 6.45) is -0.298. The minimum absolute atomic E-state index is 0.253. The van der Waals surface area contributed by atoms with Crippen LogP contribution >= 0.6 is 0 Å². The van der Waals surface area contributed by atoms with Gasteiger partial charge in [-0.1, -0.05) is 30.3 Å². The number of hydrogen-bond acceptors (Lipinski definition) is 3. The van der Waals surface area contributed by atoms with Crippen molar-refractivity contribution in [3.8, 4) is 0 Å². The van der Waals surface area contributed by atoms with Crippen LogP contribution in [0.1, 0.15) is 24.2 Å². The van der Waals surface area contributed by atoms with E-state index in [1.807, 2.05) is 36.4 Å². The van der Waals surface area contributed by atoms with Gasteiger partial charge in [-0.2, -0.15) is 0 Å². The molecule has 20 heavy (non-hydrogen) atoms. The number of rotatable bonds is 3. The number of halogens is 1. The Hall–Kier alpha value is -1.85. The third-order valence-electron chi connectivity index (χ3n) is 3.52. The summed E-state index contributed by atoms with van der Waals surface area (Å²) in [6.45, 7) is 2.42. The third-order valence-corrected chi connectivity index (χ3v) is 3.52. The molecule has 0 bridgehead atoms. The van der Waals surface area contributed by atoms with Gasteiger partial charge in [-0.15, -0.1) is 0 Å². The Balaban J connectivity index is 1.82. The van der Waals surface area contributed by atoms with Gasteiger partial charge < -0.3 is 15.0 Å². The van der Waals surface area contributed by atoms with Gasteiger partial charge in [0.25, 0.3) is 0 Å². The predicted molar refractivity (Wildman–Crippen MR) is 77.3 cm³/mol. The summed E-state index contributed by atoms with van der Waals surface area (Å²) in [7, 11) is -1.16. The summed E-state index contributed by atoms with van der Waals surface area (Å²) in [5.41, 5.74) is 2.77. The van der Waals surface area contributed by atoms with E-state index < -0.39 is 12.9 Å². The van der Waals surface area contributed by atoms with E-state index in [0.717, 1.165) is 5.56 Å². The maximum atomic E-state index is 14.0. The first-order chi connectivity index (χ1) is 9.65. The normalized spacial score (nSPS) is 17.1. The van der Waals surface area contributed by atoms with Crippen LogP contribution < -0.4 is 10.8 Å². The highest BCUT2D eigenvalue weighted by Gasteiger charge is 2.35. The number of anilines is 1. The van der Waals surface area contributed by atoms with Gasteiger partial charge in [0.05, 0.1) is 6.10 Å². The average Bonchev–Trinajstić information content (AvgIpc) is 2.73. The Morgan fingerprint density at radius 2 is 2.05 bits per heavy atom. The second-order valence-electron chi connectivity index (χ2n) is 4.93. The summed E-state index contributed by atoms with van der Waals surface area (Å²) in [4.78, 5) is 0. The van der Waals surface area contributed by atoms with Gasteiger partial charge in [0.2, 0.25) is 0 Å². The van der Waals surface area contributed by atoms with Crippen molar-refractivity contribution in [1.82, 2.24) is 0 Å². The van der Waals surface area contributed by atoms with E-state index >= 15 is 0 Å². The number of fused-ring (bicyclic) bond motifs is 1. The van der Waals surface area contributed by atoms with Crippen molar-refractivity contribution >= 4 is 18.3 Å². The molecule has 2 aromatic rings. The topological polar surface area (TPSA) is 41.5 Å². The standard InChI is InChI=1S/C15H15BFNO2/c1-10-13-7-12(8-14(17)15(13)16(19)20-10)18-9-11-5-3-2-4-6-11/h2-8,10,18-19H,9H2,1H3. The molecule has 5 heteroatoms. The molecule has 3 nitrogen and oxygen atoms in total. The van der Waals surface area contributed by atoms with Crippen molar-refractivity contribution in [3.63, 3.8) is 0 Å². The molecule has 102 valence electrons. The first-order valence-corrected chi connectivity index (χ1v) is 6.60. The Morgan fingerprint density at radius 3 is 2.80 bits per heavy atom. The Bertz CT molecular complexity index is 621. The first-order valence-electron chi connectivity index (χ1n) is 6.60. The molecule has 1 aliphatic heterocycles. The number of nitrogens with one attached hydrogen (secondary N) is 1. The van der Waals surface area contributed by atoms with Crippen LogP contribution in [0.4, 0.5) is 10.1 Å². The van der Waals surface area contributed by atoms with Gasteiger partial charge in [-0.25, -0.2) is 4.39 Å². The highest BCUT2D eigenvalue weighted by Crippen LogP contribution is 2.27. The molecule has 1 unspecified atom stereocenters. The average molecular weight is 271 g/mol. The Kier molecular flexibility index (Phi) is 3.46. The fourth-order valence-corrected chi connectivity index (χ4v) is 2.47. The lowest BCUT2D eigenvalue weighted by Gasteiger charge is -2.11. The maximum Gasteiger partial charge on any atom is 0.494 e. The zero-order valence-corrected chi connectivity index (χ0v) is 11.1. The van der Waals surface area contributed by atoms with Crippen molar-refractivity contribution in [2.24, 2.45) is 0 Å². The highest BCUT2D eigenvalue weighted by molar-refractivity contribution is 6.61. The molecule has 0 aromatic heterocycles. The molecule has 1 atom stereocenters. The van der Waals surface area contributed by atoms with Crippen LogP contribution in [0, 0.1) is 5.82 Å². The van der Waals surface area contributed by atoms with Crippen molar-refractivity contribution in [3.05, 3.63) is 59.4 Å². The Labute approximate surface area is 117 Å². The van der Waals surface area contributed by atoms with E-state index in [1.165, 1.54) is 6.07 Å². The minimum Gasteiger partial charge on any atom is -0.423 e. The summed E-state index contributed by atoms with van der Waals surface area (Å²) in [5.74, 6) is -0.435. The molecule has 0 radical (unpaired) electrons. The molecule has 0 spiro atoms. The lowest BCUT2D eigenvalue weighted by Crippen LogP contribution is -2.31. The van der Waals surface area contributed by atoms with Gasteiger partial charge >= 0.3 is 7.12 Å². The number of hydrogen-bond donors (Lipinski definition) is 2. The smallest absolute Gasteiger partial charge is 0.423 e. The van der Waals surface area contributed by atoms with E-state index in [-0.39, 0.29) is 11.6 Å². The molecule has 0 aliphatic carbocycles. The highest BCUT2D eigenvalue weighted by atomic mass is 19.1. The third kappa shape index (κ3) is 2.42. The Morgan fingerprint density at radius 1 is 1.30 bits per heavy atom. The zero-order valence-electron chi connectivity index (χ0n) is 11.1. The second kappa shape index (κ2) is 5.27. The van der Waals surface area contributed by atoms with Crippen LogP contribution in [0.5, 0.6) is 0 Å². The molecule has 2 aromatic carbocycles. The van der Waals surface area contributed by atoms with E-state index in [4.69, 9.17) is 4.65 Å². The van der Waals surface area contributed by atoms with Crippen LogP contribution in [0.3, 0.4) is 0 Å². The van der Waals surface area contributed by atoms with Crippen molar-refractivity contribution < 1.29 is 14.1 Å². The molecular weight excluding hydrogens is 256 g/mol. The molecule has 2 N–H and O–H groups in total. The quantitative estimate of drug-likeness (QED) is 0.841. The fraction of sp³-hybridized carbons (Fsp3) is 0.200. The van der Waals surface area contributed by atoms with Crippen LogP contribution in [-0.4, -0.2) is 12.1 Å². The summed E-state index contributed by atoms with van der Waals surface area (Å²) in [6, 6.07) is 13.1. The molecule has 1 aliphatic rings. The number of benzene rings is 2. The zero-order chi connectivity index (χ0) is 14.1. The van der Waals surface area contributed by atoms with Crippen LogP contribution in [0.2, 0.25) is 0 Å². The molecule has 0 saturated heterocycles. The molecule has 0 fully saturated rings.